The molecule has 1 aromatic carbocycles. The number of H-pyrrole nitrogens is 1. The van der Waals surface area contributed by atoms with Gasteiger partial charge in [0.15, 0.2) is 11.2 Å². The van der Waals surface area contributed by atoms with Gasteiger partial charge >= 0.3 is 13.7 Å². The Morgan fingerprint density at radius 2 is 2.12 bits per heavy atom. The predicted molar refractivity (Wildman–Crippen MR) is 151 cm³/mol. The van der Waals surface area contributed by atoms with Gasteiger partial charge in [-0.25, -0.2) is 13.9 Å². The minimum Gasteiger partial charge on any atom is -0.461 e. The van der Waals surface area contributed by atoms with Gasteiger partial charge in [0.2, 0.25) is 5.95 Å². The second-order valence-electron chi connectivity index (χ2n) is 10.6. The van der Waals surface area contributed by atoms with Crippen molar-refractivity contribution in [3.8, 4) is 5.75 Å². The van der Waals surface area contributed by atoms with Gasteiger partial charge < -0.3 is 19.7 Å². The Bertz CT molecular complexity index is 1550. The molecule has 1 aliphatic carbocycles. The molecule has 13 nitrogen and oxygen atoms in total. The van der Waals surface area contributed by atoms with Gasteiger partial charge in [-0.2, -0.15) is 10.1 Å². The highest BCUT2D eigenvalue weighted by atomic mass is 35.5. The first-order valence-electron chi connectivity index (χ1n) is 13.8. The van der Waals surface area contributed by atoms with Crippen molar-refractivity contribution in [2.75, 3.05) is 12.3 Å². The molecule has 2 aliphatic rings. The fraction of sp³-hybridized carbons (Fsp3) is 0.538. The number of benzene rings is 1. The molecule has 5 atom stereocenters. The normalized spacial score (nSPS) is 23.5. The lowest BCUT2D eigenvalue weighted by molar-refractivity contribution is -0.152. The second kappa shape index (κ2) is 12.7. The molecule has 3 aromatic rings. The van der Waals surface area contributed by atoms with Crippen LogP contribution in [-0.4, -0.2) is 50.3 Å². The van der Waals surface area contributed by atoms with E-state index in [1.165, 1.54) is 19.3 Å². The van der Waals surface area contributed by atoms with E-state index in [1.54, 1.807) is 4.57 Å². The van der Waals surface area contributed by atoms with Gasteiger partial charge in [0.05, 0.1) is 24.1 Å². The van der Waals surface area contributed by atoms with Crippen molar-refractivity contribution in [3.05, 3.63) is 45.7 Å². The van der Waals surface area contributed by atoms with Crippen LogP contribution in [0.1, 0.15) is 58.6 Å². The molecule has 0 radical (unpaired) electrons. The Labute approximate surface area is 245 Å². The predicted octanol–water partition coefficient (Wildman–Crippen LogP) is 4.48. The van der Waals surface area contributed by atoms with Crippen molar-refractivity contribution < 1.29 is 32.3 Å². The third-order valence-electron chi connectivity index (χ3n) is 7.27. The number of carbonyl (C=O) groups is 1. The number of rotatable bonds is 10. The minimum absolute atomic E-state index is 0.0255. The molecule has 3 heterocycles. The second-order valence-corrected chi connectivity index (χ2v) is 12.7. The van der Waals surface area contributed by atoms with E-state index in [4.69, 9.17) is 35.9 Å². The van der Waals surface area contributed by atoms with E-state index in [1.807, 2.05) is 6.92 Å². The fourth-order valence-electron chi connectivity index (χ4n) is 5.18. The van der Waals surface area contributed by atoms with Crippen LogP contribution in [0.3, 0.4) is 0 Å². The Kier molecular flexibility index (Phi) is 9.19. The number of anilines is 1. The smallest absolute Gasteiger partial charge is 0.459 e. The van der Waals surface area contributed by atoms with Crippen molar-refractivity contribution >= 4 is 42.4 Å². The number of ether oxygens (including phenoxy) is 2. The summed E-state index contributed by atoms with van der Waals surface area (Å²) in [6, 6.07) is 2.43. The highest BCUT2D eigenvalue weighted by Crippen LogP contribution is 2.47. The Morgan fingerprint density at radius 1 is 1.36 bits per heavy atom. The van der Waals surface area contributed by atoms with E-state index >= 15 is 0 Å². The quantitative estimate of drug-likeness (QED) is 0.214. The number of nitrogen functional groups attached to an aromatic ring is 1. The third-order valence-corrected chi connectivity index (χ3v) is 9.20. The number of imidazole rings is 1. The maximum atomic E-state index is 14.0. The van der Waals surface area contributed by atoms with E-state index in [0.717, 1.165) is 44.2 Å². The van der Waals surface area contributed by atoms with E-state index in [-0.39, 0.29) is 46.5 Å². The van der Waals surface area contributed by atoms with Gasteiger partial charge in [-0.3, -0.25) is 23.7 Å². The van der Waals surface area contributed by atoms with Gasteiger partial charge in [0.25, 0.3) is 5.56 Å². The Balaban J connectivity index is 1.29. The van der Waals surface area contributed by atoms with E-state index in [2.05, 4.69) is 20.0 Å². The average Bonchev–Trinajstić information content (AvgIpc) is 3.53. The minimum atomic E-state index is -4.25. The first kappa shape index (κ1) is 30.4. The Morgan fingerprint density at radius 3 is 2.86 bits per heavy atom. The maximum Gasteiger partial charge on any atom is 0.459 e. The van der Waals surface area contributed by atoms with Crippen molar-refractivity contribution in [2.45, 2.75) is 76.9 Å². The summed E-state index contributed by atoms with van der Waals surface area (Å²) in [4.78, 5) is 35.7. The van der Waals surface area contributed by atoms with E-state index < -0.39 is 43.5 Å². The molecule has 16 heteroatoms. The molecule has 0 spiro atoms. The number of fused-ring (bicyclic) bond motifs is 1. The number of nitrogens with zero attached hydrogens (tertiary/aromatic N) is 3. The zero-order valence-electron chi connectivity index (χ0n) is 23.1. The van der Waals surface area contributed by atoms with Crippen molar-refractivity contribution in [3.63, 3.8) is 0 Å². The summed E-state index contributed by atoms with van der Waals surface area (Å²) in [5, 5.41) is 2.41. The highest BCUT2D eigenvalue weighted by molar-refractivity contribution is 7.52. The van der Waals surface area contributed by atoms with Crippen LogP contribution in [0, 0.1) is 11.7 Å². The number of hydrogen-bond donors (Lipinski definition) is 3. The van der Waals surface area contributed by atoms with Crippen molar-refractivity contribution in [1.82, 2.24) is 24.6 Å². The van der Waals surface area contributed by atoms with Crippen LogP contribution >= 0.6 is 19.3 Å². The zero-order valence-corrected chi connectivity index (χ0v) is 24.8. The van der Waals surface area contributed by atoms with Crippen LogP contribution in [0.2, 0.25) is 5.02 Å². The van der Waals surface area contributed by atoms with Gasteiger partial charge in [-0.05, 0) is 51.2 Å². The van der Waals surface area contributed by atoms with E-state index in [9.17, 15) is 18.5 Å². The summed E-state index contributed by atoms with van der Waals surface area (Å²) in [6.45, 7) is 3.25. The van der Waals surface area contributed by atoms with Gasteiger partial charge in [-0.1, -0.05) is 24.9 Å². The van der Waals surface area contributed by atoms with Crippen LogP contribution in [0.15, 0.2) is 29.3 Å². The lowest BCUT2D eigenvalue weighted by Gasteiger charge is -2.26. The van der Waals surface area contributed by atoms with Crippen molar-refractivity contribution in [1.29, 1.82) is 0 Å². The van der Waals surface area contributed by atoms with E-state index in [0.29, 0.717) is 6.42 Å². The van der Waals surface area contributed by atoms with Crippen LogP contribution < -0.4 is 20.9 Å². The summed E-state index contributed by atoms with van der Waals surface area (Å²) >= 11 is 5.89. The number of carbonyl (C=O) groups excluding carboxylic acids is 1. The molecule has 5 rings (SSSR count). The molecule has 0 bridgehead atoms. The summed E-state index contributed by atoms with van der Waals surface area (Å²) in [6.07, 6.45) is 5.23. The zero-order chi connectivity index (χ0) is 30.0. The van der Waals surface area contributed by atoms with Gasteiger partial charge in [-0.15, -0.1) is 0 Å². The first-order valence-corrected chi connectivity index (χ1v) is 15.7. The molecule has 42 heavy (non-hydrogen) atoms. The summed E-state index contributed by atoms with van der Waals surface area (Å²) in [5.74, 6) is -1.43. The fourth-order valence-corrected chi connectivity index (χ4v) is 6.86. The number of nitrogens with two attached hydrogens (primary N) is 1. The lowest BCUT2D eigenvalue weighted by atomic mass is 9.98. The first-order chi connectivity index (χ1) is 20.0. The molecule has 1 saturated carbocycles. The molecular formula is C26H33ClFN6O7P. The molecule has 4 N–H and O–H groups in total. The highest BCUT2D eigenvalue weighted by Gasteiger charge is 2.39. The van der Waals surface area contributed by atoms with Gasteiger partial charge in [0.1, 0.15) is 29.9 Å². The number of aromatic nitrogens is 4. The molecular weight excluding hydrogens is 594 g/mol. The number of aromatic amines is 1. The standard InChI is InChI=1S/C26H33ClFN6O7P/c1-14-10-18(39-24(14)34-13-30-21-22(34)31-26(29)32-23(21)35)12-38-42(37,41-17-8-9-20(28)19(27)11-17)33-15(2)25(36)40-16-6-4-3-5-7-16/h8-9,11,13-16,18,24H,3-7,10,12H2,1-2H3,(H,33,37)(H3,29,31,32,35). The number of esters is 1. The molecule has 2 fully saturated rings. The summed E-state index contributed by atoms with van der Waals surface area (Å²) in [5.41, 5.74) is 5.64. The number of halogens is 2. The van der Waals surface area contributed by atoms with Gasteiger partial charge in [0, 0.05) is 12.0 Å². The molecule has 2 aromatic heterocycles. The number of nitrogens with one attached hydrogen (secondary N) is 2. The third kappa shape index (κ3) is 6.95. The molecule has 1 saturated heterocycles. The average molecular weight is 627 g/mol. The Hall–Kier alpha value is -3.03. The molecule has 1 aliphatic heterocycles. The van der Waals surface area contributed by atoms with Crippen LogP contribution in [-0.2, 0) is 23.4 Å². The summed E-state index contributed by atoms with van der Waals surface area (Å²) < 4.78 is 52.5. The largest absolute Gasteiger partial charge is 0.461 e. The SMILES string of the molecule is CC(NP(=O)(OCC1CC(C)C(n2cnc3c(=O)[nH]c(N)nc32)O1)Oc1ccc(F)c(Cl)c1)C(=O)OC1CCCCC1. The number of hydrogen-bond acceptors (Lipinski definition) is 10. The summed E-state index contributed by atoms with van der Waals surface area (Å²) in [7, 11) is -4.25. The maximum absolute atomic E-state index is 14.0. The van der Waals surface area contributed by atoms with Crippen LogP contribution in [0.25, 0.3) is 11.2 Å². The lowest BCUT2D eigenvalue weighted by Crippen LogP contribution is -2.37. The molecule has 0 amide bonds. The monoisotopic (exact) mass is 626 g/mol. The molecule has 228 valence electrons. The van der Waals surface area contributed by atoms with Crippen LogP contribution in [0.5, 0.6) is 5.75 Å². The van der Waals surface area contributed by atoms with Crippen molar-refractivity contribution in [2.24, 2.45) is 5.92 Å². The molecule has 5 unspecified atom stereocenters. The topological polar surface area (TPSA) is 173 Å². The van der Waals surface area contributed by atoms with Crippen LogP contribution in [0.4, 0.5) is 10.3 Å².